The highest BCUT2D eigenvalue weighted by atomic mass is 35.5. The van der Waals surface area contributed by atoms with Gasteiger partial charge in [-0.25, -0.2) is 0 Å². The van der Waals surface area contributed by atoms with Gasteiger partial charge in [0.25, 0.3) is 0 Å². The SMILES string of the molecule is COC1(C#N)CNC1.Cl. The first-order valence-corrected chi connectivity index (χ1v) is 2.50. The van der Waals surface area contributed by atoms with Gasteiger partial charge in [0.05, 0.1) is 0 Å². The van der Waals surface area contributed by atoms with Crippen molar-refractivity contribution < 1.29 is 4.74 Å². The molecule has 0 radical (unpaired) electrons. The van der Waals surface area contributed by atoms with Gasteiger partial charge in [0.1, 0.15) is 6.07 Å². The van der Waals surface area contributed by atoms with Crippen molar-refractivity contribution in [3.05, 3.63) is 0 Å². The highest BCUT2D eigenvalue weighted by Gasteiger charge is 2.36. The molecule has 0 aromatic carbocycles. The van der Waals surface area contributed by atoms with Gasteiger partial charge in [-0.15, -0.1) is 12.4 Å². The summed E-state index contributed by atoms with van der Waals surface area (Å²) in [7, 11) is 1.56. The number of hydrogen-bond acceptors (Lipinski definition) is 3. The molecular formula is C5H9ClN2O. The van der Waals surface area contributed by atoms with E-state index >= 15 is 0 Å². The van der Waals surface area contributed by atoms with Crippen LogP contribution >= 0.6 is 12.4 Å². The van der Waals surface area contributed by atoms with Gasteiger partial charge in [0.2, 0.25) is 0 Å². The topological polar surface area (TPSA) is 45.0 Å². The molecule has 1 aliphatic heterocycles. The van der Waals surface area contributed by atoms with Crippen molar-refractivity contribution in [3.8, 4) is 6.07 Å². The summed E-state index contributed by atoms with van der Waals surface area (Å²) in [5, 5.41) is 11.4. The molecule has 0 aromatic rings. The van der Waals surface area contributed by atoms with E-state index in [1.54, 1.807) is 7.11 Å². The molecule has 52 valence electrons. The fraction of sp³-hybridized carbons (Fsp3) is 0.800. The Labute approximate surface area is 60.4 Å². The van der Waals surface area contributed by atoms with Crippen LogP contribution in [0, 0.1) is 11.3 Å². The second kappa shape index (κ2) is 3.02. The lowest BCUT2D eigenvalue weighted by atomic mass is 10.00. The average molecular weight is 149 g/mol. The largest absolute Gasteiger partial charge is 0.361 e. The second-order valence-electron chi connectivity index (χ2n) is 1.91. The summed E-state index contributed by atoms with van der Waals surface area (Å²) in [5.41, 5.74) is -0.500. The quantitative estimate of drug-likeness (QED) is 0.566. The Morgan fingerprint density at radius 3 is 2.22 bits per heavy atom. The molecule has 0 aromatic heterocycles. The fourth-order valence-electron chi connectivity index (χ4n) is 0.621. The Hall–Kier alpha value is -0.300. The molecule has 0 aliphatic carbocycles. The maximum atomic E-state index is 8.42. The van der Waals surface area contributed by atoms with Crippen LogP contribution in [0.5, 0.6) is 0 Å². The molecule has 1 saturated heterocycles. The maximum Gasteiger partial charge on any atom is 0.178 e. The van der Waals surface area contributed by atoms with E-state index in [2.05, 4.69) is 11.4 Å². The predicted octanol–water partition coefficient (Wildman–Crippen LogP) is -0.0798. The van der Waals surface area contributed by atoms with E-state index < -0.39 is 5.60 Å². The first kappa shape index (κ1) is 8.70. The lowest BCUT2D eigenvalue weighted by molar-refractivity contribution is -0.00297. The molecule has 0 spiro atoms. The van der Waals surface area contributed by atoms with Gasteiger partial charge in [-0.3, -0.25) is 0 Å². The standard InChI is InChI=1S/C5H8N2O.ClH/c1-8-5(2-6)3-7-4-5;/h7H,3-4H2,1H3;1H. The third-order valence-electron chi connectivity index (χ3n) is 1.42. The Bertz CT molecular complexity index is 122. The number of nitriles is 1. The zero-order valence-corrected chi connectivity index (χ0v) is 5.99. The highest BCUT2D eigenvalue weighted by Crippen LogP contribution is 2.12. The van der Waals surface area contributed by atoms with Crippen LogP contribution in [-0.2, 0) is 4.74 Å². The minimum Gasteiger partial charge on any atom is -0.361 e. The van der Waals surface area contributed by atoms with E-state index in [1.807, 2.05) is 0 Å². The molecule has 1 N–H and O–H groups in total. The van der Waals surface area contributed by atoms with Crippen LogP contribution in [0.3, 0.4) is 0 Å². The molecule has 1 rings (SSSR count). The smallest absolute Gasteiger partial charge is 0.178 e. The first-order valence-electron chi connectivity index (χ1n) is 2.50. The van der Waals surface area contributed by atoms with E-state index in [9.17, 15) is 0 Å². The van der Waals surface area contributed by atoms with Crippen LogP contribution in [0.1, 0.15) is 0 Å². The van der Waals surface area contributed by atoms with Crippen molar-refractivity contribution in [2.75, 3.05) is 20.2 Å². The molecule has 0 bridgehead atoms. The summed E-state index contributed by atoms with van der Waals surface area (Å²) < 4.78 is 4.90. The Kier molecular flexibility index (Phi) is 2.92. The maximum absolute atomic E-state index is 8.42. The Balaban J connectivity index is 0.000000640. The van der Waals surface area contributed by atoms with Crippen molar-refractivity contribution in [3.63, 3.8) is 0 Å². The molecule has 1 aliphatic rings. The summed E-state index contributed by atoms with van der Waals surface area (Å²) >= 11 is 0. The average Bonchev–Trinajstić information content (AvgIpc) is 1.67. The molecule has 0 unspecified atom stereocenters. The molecule has 1 fully saturated rings. The summed E-state index contributed by atoms with van der Waals surface area (Å²) in [6, 6.07) is 2.08. The first-order chi connectivity index (χ1) is 3.83. The van der Waals surface area contributed by atoms with Crippen LogP contribution in [0.25, 0.3) is 0 Å². The number of rotatable bonds is 1. The summed E-state index contributed by atoms with van der Waals surface area (Å²) in [5.74, 6) is 0. The third kappa shape index (κ3) is 1.33. The molecule has 0 amide bonds. The molecular weight excluding hydrogens is 140 g/mol. The molecule has 1 heterocycles. The molecule has 9 heavy (non-hydrogen) atoms. The van der Waals surface area contributed by atoms with Crippen LogP contribution < -0.4 is 5.32 Å². The van der Waals surface area contributed by atoms with E-state index in [0.29, 0.717) is 13.1 Å². The van der Waals surface area contributed by atoms with Gasteiger partial charge in [-0.05, 0) is 0 Å². The van der Waals surface area contributed by atoms with Crippen molar-refractivity contribution in [1.82, 2.24) is 5.32 Å². The Morgan fingerprint density at radius 1 is 1.67 bits per heavy atom. The van der Waals surface area contributed by atoms with Crippen molar-refractivity contribution >= 4 is 12.4 Å². The normalized spacial score (nSPS) is 20.9. The Morgan fingerprint density at radius 2 is 2.22 bits per heavy atom. The number of halogens is 1. The lowest BCUT2D eigenvalue weighted by Crippen LogP contribution is -2.59. The minimum absolute atomic E-state index is 0. The van der Waals surface area contributed by atoms with Gasteiger partial charge >= 0.3 is 0 Å². The lowest BCUT2D eigenvalue weighted by Gasteiger charge is -2.34. The molecule has 0 saturated carbocycles. The number of nitrogens with one attached hydrogen (secondary N) is 1. The van der Waals surface area contributed by atoms with Crippen molar-refractivity contribution in [2.45, 2.75) is 5.60 Å². The zero-order valence-electron chi connectivity index (χ0n) is 5.18. The number of ether oxygens (including phenoxy) is 1. The van der Waals surface area contributed by atoms with Crippen LogP contribution in [0.15, 0.2) is 0 Å². The molecule has 3 nitrogen and oxygen atoms in total. The van der Waals surface area contributed by atoms with E-state index in [1.165, 1.54) is 0 Å². The molecule has 4 heteroatoms. The summed E-state index contributed by atoms with van der Waals surface area (Å²) in [6.45, 7) is 1.33. The predicted molar refractivity (Wildman–Crippen MR) is 35.5 cm³/mol. The summed E-state index contributed by atoms with van der Waals surface area (Å²) in [4.78, 5) is 0. The summed E-state index contributed by atoms with van der Waals surface area (Å²) in [6.07, 6.45) is 0. The van der Waals surface area contributed by atoms with Gasteiger partial charge in [0.15, 0.2) is 5.60 Å². The van der Waals surface area contributed by atoms with Crippen molar-refractivity contribution in [2.24, 2.45) is 0 Å². The highest BCUT2D eigenvalue weighted by molar-refractivity contribution is 5.85. The monoisotopic (exact) mass is 148 g/mol. The zero-order chi connectivity index (χ0) is 6.04. The van der Waals surface area contributed by atoms with Gasteiger partial charge in [0, 0.05) is 20.2 Å². The van der Waals surface area contributed by atoms with Crippen LogP contribution in [0.4, 0.5) is 0 Å². The third-order valence-corrected chi connectivity index (χ3v) is 1.42. The second-order valence-corrected chi connectivity index (χ2v) is 1.91. The van der Waals surface area contributed by atoms with E-state index in [-0.39, 0.29) is 12.4 Å². The minimum atomic E-state index is -0.500. The van der Waals surface area contributed by atoms with Gasteiger partial charge < -0.3 is 10.1 Å². The van der Waals surface area contributed by atoms with Gasteiger partial charge in [-0.1, -0.05) is 0 Å². The fourth-order valence-corrected chi connectivity index (χ4v) is 0.621. The van der Waals surface area contributed by atoms with E-state index in [0.717, 1.165) is 0 Å². The van der Waals surface area contributed by atoms with Crippen LogP contribution in [0.2, 0.25) is 0 Å². The van der Waals surface area contributed by atoms with Crippen molar-refractivity contribution in [1.29, 1.82) is 5.26 Å². The van der Waals surface area contributed by atoms with Gasteiger partial charge in [-0.2, -0.15) is 5.26 Å². The van der Waals surface area contributed by atoms with Crippen LogP contribution in [-0.4, -0.2) is 25.8 Å². The number of nitrogens with zero attached hydrogens (tertiary/aromatic N) is 1. The van der Waals surface area contributed by atoms with E-state index in [4.69, 9.17) is 10.00 Å². The number of methoxy groups -OCH3 is 1. The molecule has 0 atom stereocenters. The number of hydrogen-bond donors (Lipinski definition) is 1.